The van der Waals surface area contributed by atoms with Crippen LogP contribution < -0.4 is 19.8 Å². The Labute approximate surface area is 199 Å². The summed E-state index contributed by atoms with van der Waals surface area (Å²) in [5.41, 5.74) is 7.92. The molecule has 0 aliphatic carbocycles. The molecule has 0 unspecified atom stereocenters. The van der Waals surface area contributed by atoms with Crippen LogP contribution in [0.4, 0.5) is 10.5 Å². The van der Waals surface area contributed by atoms with E-state index in [0.29, 0.717) is 18.0 Å². The first-order valence-electron chi connectivity index (χ1n) is 11.1. The molecular weight excluding hydrogens is 436 g/mol. The van der Waals surface area contributed by atoms with Crippen LogP contribution in [-0.4, -0.2) is 48.8 Å². The summed E-state index contributed by atoms with van der Waals surface area (Å²) in [4.78, 5) is 18.9. The maximum Gasteiger partial charge on any atom is 0.300 e. The van der Waals surface area contributed by atoms with E-state index in [-0.39, 0.29) is 9.99 Å². The molecule has 0 radical (unpaired) electrons. The number of aliphatic imine (C=N–C) groups is 1. The highest BCUT2D eigenvalue weighted by molar-refractivity contribution is 8.15. The number of carbonyl (C=O) groups excluding carboxylic acids is 1. The van der Waals surface area contributed by atoms with Crippen LogP contribution in [-0.2, 0) is 6.42 Å². The Morgan fingerprint density at radius 2 is 1.97 bits per heavy atom. The Kier molecular flexibility index (Phi) is 6.65. The molecule has 0 bridgehead atoms. The Hall–Kier alpha value is -3.00. The van der Waals surface area contributed by atoms with Gasteiger partial charge in [-0.2, -0.15) is 5.10 Å². The highest BCUT2D eigenvalue weighted by atomic mass is 32.2. The number of rotatable bonds is 5. The zero-order chi connectivity index (χ0) is 23.6. The summed E-state index contributed by atoms with van der Waals surface area (Å²) >= 11 is 1.27. The quantitative estimate of drug-likeness (QED) is 0.503. The van der Waals surface area contributed by atoms with Crippen molar-refractivity contribution >= 4 is 34.2 Å². The van der Waals surface area contributed by atoms with E-state index in [2.05, 4.69) is 33.6 Å². The van der Waals surface area contributed by atoms with Gasteiger partial charge in [-0.3, -0.25) is 9.79 Å². The van der Waals surface area contributed by atoms with Crippen LogP contribution in [0.1, 0.15) is 43.9 Å². The number of nitrogens with one attached hydrogen (secondary N) is 1. The van der Waals surface area contributed by atoms with E-state index in [9.17, 15) is 4.79 Å². The van der Waals surface area contributed by atoms with E-state index < -0.39 is 0 Å². The van der Waals surface area contributed by atoms with Gasteiger partial charge in [0.1, 0.15) is 5.84 Å². The minimum atomic E-state index is -0.389. The van der Waals surface area contributed by atoms with Crippen molar-refractivity contribution in [2.75, 3.05) is 32.2 Å². The Morgan fingerprint density at radius 3 is 2.67 bits per heavy atom. The molecule has 0 saturated carbocycles. The van der Waals surface area contributed by atoms with Crippen LogP contribution in [0.25, 0.3) is 0 Å². The Morgan fingerprint density at radius 1 is 1.18 bits per heavy atom. The first-order chi connectivity index (χ1) is 15.9. The summed E-state index contributed by atoms with van der Waals surface area (Å²) in [6.07, 6.45) is 2.01. The van der Waals surface area contributed by atoms with Crippen molar-refractivity contribution in [2.24, 2.45) is 10.1 Å². The molecule has 2 aliphatic heterocycles. The molecular formula is C25H30N4O3S. The highest BCUT2D eigenvalue weighted by Gasteiger charge is 2.34. The monoisotopic (exact) mass is 466 g/mol. The van der Waals surface area contributed by atoms with Crippen molar-refractivity contribution in [3.8, 4) is 11.5 Å². The number of amidine groups is 1. The minimum Gasteiger partial charge on any atom is -0.493 e. The second-order valence-corrected chi connectivity index (χ2v) is 10.0. The molecule has 0 atom stereocenters. The number of thioether (sulfide) groups is 1. The van der Waals surface area contributed by atoms with Gasteiger partial charge in [-0.15, -0.1) is 0 Å². The second kappa shape index (κ2) is 9.47. The van der Waals surface area contributed by atoms with Crippen LogP contribution >= 0.6 is 11.8 Å². The molecule has 8 heteroatoms. The molecule has 174 valence electrons. The molecule has 0 spiro atoms. The van der Waals surface area contributed by atoms with Crippen LogP contribution in [0.2, 0.25) is 0 Å². The standard InChI is InChI=1S/C25H30N4O3S/c1-6-26-23(18-10-12-20(31-4)21(15-18)32-5)29-13-7-8-16-14-17(9-11-19(16)29)22-25(2,3)33-24(30)28-27-22/h9-12,14-15H,6-8,13H2,1-5H3,(H,28,30)/b26-23-. The summed E-state index contributed by atoms with van der Waals surface area (Å²) in [6.45, 7) is 7.67. The minimum absolute atomic E-state index is 0.122. The number of benzene rings is 2. The van der Waals surface area contributed by atoms with Gasteiger partial charge in [-0.1, -0.05) is 17.8 Å². The topological polar surface area (TPSA) is 75.5 Å². The third-order valence-electron chi connectivity index (χ3n) is 5.85. The fourth-order valence-electron chi connectivity index (χ4n) is 4.37. The summed E-state index contributed by atoms with van der Waals surface area (Å²) in [5, 5.41) is 4.26. The van der Waals surface area contributed by atoms with E-state index in [4.69, 9.17) is 14.5 Å². The summed E-state index contributed by atoms with van der Waals surface area (Å²) < 4.78 is 10.5. The van der Waals surface area contributed by atoms with Gasteiger partial charge in [0.15, 0.2) is 11.5 Å². The van der Waals surface area contributed by atoms with Gasteiger partial charge >= 0.3 is 0 Å². The molecule has 2 aromatic rings. The van der Waals surface area contributed by atoms with Gasteiger partial charge < -0.3 is 14.4 Å². The maximum absolute atomic E-state index is 11.8. The number of aryl methyl sites for hydroxylation is 1. The Bertz CT molecular complexity index is 1130. The van der Waals surface area contributed by atoms with E-state index >= 15 is 0 Å². The number of nitrogens with zero attached hydrogens (tertiary/aromatic N) is 3. The van der Waals surface area contributed by atoms with Gasteiger partial charge in [0, 0.05) is 24.3 Å². The van der Waals surface area contributed by atoms with Crippen LogP contribution in [0.3, 0.4) is 0 Å². The predicted molar refractivity (Wildman–Crippen MR) is 135 cm³/mol. The lowest BCUT2D eigenvalue weighted by atomic mass is 9.93. The fourth-order valence-corrected chi connectivity index (χ4v) is 5.19. The molecule has 0 saturated heterocycles. The summed E-state index contributed by atoms with van der Waals surface area (Å²) in [6, 6.07) is 12.4. The van der Waals surface area contributed by atoms with Crippen molar-refractivity contribution in [3.63, 3.8) is 0 Å². The van der Waals surface area contributed by atoms with Gasteiger partial charge in [0.25, 0.3) is 5.24 Å². The van der Waals surface area contributed by atoms with Crippen LogP contribution in [0.5, 0.6) is 11.5 Å². The van der Waals surface area contributed by atoms with E-state index in [1.165, 1.54) is 17.3 Å². The van der Waals surface area contributed by atoms with Crippen molar-refractivity contribution in [1.82, 2.24) is 5.43 Å². The molecule has 4 rings (SSSR count). The Balaban J connectivity index is 1.73. The summed E-state index contributed by atoms with van der Waals surface area (Å²) in [5.74, 6) is 2.30. The molecule has 2 aromatic carbocycles. The number of methoxy groups -OCH3 is 2. The van der Waals surface area contributed by atoms with E-state index in [0.717, 1.165) is 47.7 Å². The smallest absolute Gasteiger partial charge is 0.300 e. The largest absolute Gasteiger partial charge is 0.493 e. The molecule has 2 heterocycles. The third kappa shape index (κ3) is 4.57. The average molecular weight is 467 g/mol. The number of hydrogen-bond donors (Lipinski definition) is 1. The third-order valence-corrected chi connectivity index (χ3v) is 6.83. The van der Waals surface area contributed by atoms with Gasteiger partial charge in [-0.25, -0.2) is 5.43 Å². The lowest BCUT2D eigenvalue weighted by Crippen LogP contribution is -2.39. The average Bonchev–Trinajstić information content (AvgIpc) is 2.81. The second-order valence-electron chi connectivity index (χ2n) is 8.44. The molecule has 1 amide bonds. The highest BCUT2D eigenvalue weighted by Crippen LogP contribution is 2.36. The molecule has 0 fully saturated rings. The first-order valence-corrected chi connectivity index (χ1v) is 11.9. The number of hydrazone groups is 1. The molecule has 1 N–H and O–H groups in total. The molecule has 7 nitrogen and oxygen atoms in total. The number of anilines is 1. The summed E-state index contributed by atoms with van der Waals surface area (Å²) in [7, 11) is 3.28. The van der Waals surface area contributed by atoms with Crippen LogP contribution in [0.15, 0.2) is 46.5 Å². The number of carbonyl (C=O) groups is 1. The van der Waals surface area contributed by atoms with Crippen molar-refractivity contribution in [1.29, 1.82) is 0 Å². The maximum atomic E-state index is 11.8. The number of ether oxygens (including phenoxy) is 2. The van der Waals surface area contributed by atoms with Gasteiger partial charge in [0.2, 0.25) is 0 Å². The lowest BCUT2D eigenvalue weighted by Gasteiger charge is -2.34. The number of fused-ring (bicyclic) bond motifs is 1. The normalized spacial score (nSPS) is 17.7. The SMILES string of the molecule is CC/N=C(/c1ccc(OC)c(OC)c1)N1CCCc2cc(C3=NNC(=O)SC3(C)C)ccc21. The van der Waals surface area contributed by atoms with Crippen LogP contribution in [0, 0.1) is 0 Å². The van der Waals surface area contributed by atoms with E-state index in [1.54, 1.807) is 14.2 Å². The van der Waals surface area contributed by atoms with Crippen molar-refractivity contribution < 1.29 is 14.3 Å². The van der Waals surface area contributed by atoms with E-state index in [1.807, 2.05) is 39.0 Å². The lowest BCUT2D eigenvalue weighted by molar-refractivity contribution is 0.260. The van der Waals surface area contributed by atoms with Crippen molar-refractivity contribution in [3.05, 3.63) is 53.1 Å². The predicted octanol–water partition coefficient (Wildman–Crippen LogP) is 4.86. The molecule has 0 aromatic heterocycles. The zero-order valence-corrected chi connectivity index (χ0v) is 20.6. The van der Waals surface area contributed by atoms with Crippen molar-refractivity contribution in [2.45, 2.75) is 38.4 Å². The fraction of sp³-hybridized carbons (Fsp3) is 0.400. The first kappa shape index (κ1) is 23.2. The number of amides is 1. The molecule has 2 aliphatic rings. The van der Waals surface area contributed by atoms with Gasteiger partial charge in [-0.05, 0) is 75.1 Å². The molecule has 33 heavy (non-hydrogen) atoms. The zero-order valence-electron chi connectivity index (χ0n) is 19.8. The van der Waals surface area contributed by atoms with Gasteiger partial charge in [0.05, 0.1) is 24.7 Å². The number of hydrogen-bond acceptors (Lipinski definition) is 6.